The fraction of sp³-hybridized carbons (Fsp3) is 0.636. The molecular formula is C44H59N3O10S. The summed E-state index contributed by atoms with van der Waals surface area (Å²) in [6, 6.07) is 15.8. The summed E-state index contributed by atoms with van der Waals surface area (Å²) >= 11 is 0. The van der Waals surface area contributed by atoms with E-state index in [-0.39, 0.29) is 83.1 Å². The number of nitrogens with one attached hydrogen (secondary N) is 1. The zero-order valence-corrected chi connectivity index (χ0v) is 34.6. The van der Waals surface area contributed by atoms with E-state index in [1.807, 2.05) is 30.3 Å². The summed E-state index contributed by atoms with van der Waals surface area (Å²) in [5, 5.41) is 39.9. The van der Waals surface area contributed by atoms with Gasteiger partial charge in [-0.25, -0.2) is 13.2 Å². The molecule has 14 heteroatoms. The maximum atomic E-state index is 13.5. The van der Waals surface area contributed by atoms with E-state index in [0.29, 0.717) is 30.1 Å². The van der Waals surface area contributed by atoms with Crippen molar-refractivity contribution in [2.45, 2.75) is 126 Å². The molecule has 3 N–H and O–H groups in total. The number of fused-ring (bicyclic) bond motifs is 5. The number of rotatable bonds is 15. The SMILES string of the molecule is C[C@H](CCC(=O)N[C@@H](Cc1ccccc1)C(=O)OCCCOc1no[n+]([O-])c1S(=O)(=O)c1ccccc1)[C@H]1CC[C@H]2C3[C@@H](O)C[C@@H]4C[C@H](O)CC[C@]4(C)[C@H]3CC[C@]12C. The monoisotopic (exact) mass is 821 g/mol. The third-order valence-electron chi connectivity index (χ3n) is 14.8. The molecule has 1 unspecified atom stereocenters. The molecule has 58 heavy (non-hydrogen) atoms. The first-order valence-corrected chi connectivity index (χ1v) is 22.6. The van der Waals surface area contributed by atoms with Gasteiger partial charge in [-0.3, -0.25) is 9.42 Å². The molecule has 0 radical (unpaired) electrons. The van der Waals surface area contributed by atoms with Crippen molar-refractivity contribution in [3.8, 4) is 5.88 Å². The number of hydrogen-bond donors (Lipinski definition) is 3. The predicted molar refractivity (Wildman–Crippen MR) is 212 cm³/mol. The van der Waals surface area contributed by atoms with Crippen molar-refractivity contribution in [3.05, 3.63) is 71.4 Å². The highest BCUT2D eigenvalue weighted by Crippen LogP contribution is 2.68. The number of ether oxygens (including phenoxy) is 2. The lowest BCUT2D eigenvalue weighted by molar-refractivity contribution is -0.832. The maximum absolute atomic E-state index is 13.5. The highest BCUT2D eigenvalue weighted by molar-refractivity contribution is 7.91. The number of amides is 1. The van der Waals surface area contributed by atoms with Crippen LogP contribution in [0.25, 0.3) is 0 Å². The van der Waals surface area contributed by atoms with Crippen LogP contribution in [0.3, 0.4) is 0 Å². The van der Waals surface area contributed by atoms with Gasteiger partial charge >= 0.3 is 16.9 Å². The summed E-state index contributed by atoms with van der Waals surface area (Å²) < 4.78 is 41.7. The van der Waals surface area contributed by atoms with Gasteiger partial charge in [0.2, 0.25) is 5.91 Å². The van der Waals surface area contributed by atoms with Crippen LogP contribution in [0, 0.1) is 51.5 Å². The summed E-state index contributed by atoms with van der Waals surface area (Å²) in [6.45, 7) is 6.90. The van der Waals surface area contributed by atoms with Gasteiger partial charge in [-0.15, -0.1) is 0 Å². The Hall–Kier alpha value is -4.01. The van der Waals surface area contributed by atoms with E-state index < -0.39 is 32.8 Å². The Bertz CT molecular complexity index is 2000. The number of nitrogens with zero attached hydrogens (tertiary/aromatic N) is 2. The number of benzene rings is 2. The van der Waals surface area contributed by atoms with Crippen LogP contribution in [0.15, 0.2) is 75.2 Å². The predicted octanol–water partition coefficient (Wildman–Crippen LogP) is 5.59. The summed E-state index contributed by atoms with van der Waals surface area (Å²) in [5.41, 5.74) is 1.14. The van der Waals surface area contributed by atoms with Gasteiger partial charge in [-0.2, -0.15) is 0 Å². The van der Waals surface area contributed by atoms with E-state index >= 15 is 0 Å². The Morgan fingerprint density at radius 2 is 1.66 bits per heavy atom. The number of carbonyl (C=O) groups is 2. The van der Waals surface area contributed by atoms with E-state index in [1.54, 1.807) is 6.07 Å². The number of esters is 1. The van der Waals surface area contributed by atoms with E-state index in [1.165, 1.54) is 24.3 Å². The minimum absolute atomic E-state index is 0.0905. The lowest BCUT2D eigenvalue weighted by Crippen LogP contribution is -2.58. The summed E-state index contributed by atoms with van der Waals surface area (Å²) in [7, 11) is -4.27. The zero-order valence-electron chi connectivity index (χ0n) is 33.8. The largest absolute Gasteiger partial charge is 0.464 e. The van der Waals surface area contributed by atoms with Crippen LogP contribution in [-0.2, 0) is 30.6 Å². The van der Waals surface area contributed by atoms with E-state index in [2.05, 4.69) is 35.9 Å². The van der Waals surface area contributed by atoms with E-state index in [9.17, 15) is 33.4 Å². The van der Waals surface area contributed by atoms with Crippen LogP contribution in [0.4, 0.5) is 0 Å². The van der Waals surface area contributed by atoms with Crippen molar-refractivity contribution in [1.82, 2.24) is 10.5 Å². The molecular weight excluding hydrogens is 763 g/mol. The Balaban J connectivity index is 0.920. The minimum Gasteiger partial charge on any atom is -0.464 e. The van der Waals surface area contributed by atoms with Crippen LogP contribution in [-0.4, -0.2) is 67.1 Å². The van der Waals surface area contributed by atoms with Crippen molar-refractivity contribution in [2.24, 2.45) is 46.3 Å². The second kappa shape index (κ2) is 17.3. The molecule has 4 saturated carbocycles. The summed E-state index contributed by atoms with van der Waals surface area (Å²) in [5.74, 6) is 1.00. The molecule has 2 aromatic carbocycles. The third-order valence-corrected chi connectivity index (χ3v) is 16.5. The third kappa shape index (κ3) is 8.38. The minimum atomic E-state index is -4.27. The smallest absolute Gasteiger partial charge is 0.414 e. The highest BCUT2D eigenvalue weighted by atomic mass is 32.2. The molecule has 0 saturated heterocycles. The quantitative estimate of drug-likeness (QED) is 0.0984. The van der Waals surface area contributed by atoms with Gasteiger partial charge in [0.1, 0.15) is 6.04 Å². The Morgan fingerprint density at radius 3 is 2.40 bits per heavy atom. The first-order valence-electron chi connectivity index (χ1n) is 21.1. The van der Waals surface area contributed by atoms with E-state index in [4.69, 9.17) is 9.47 Å². The first kappa shape index (κ1) is 42.1. The van der Waals surface area contributed by atoms with Crippen LogP contribution < -0.4 is 15.0 Å². The number of sulfone groups is 1. The lowest BCUT2D eigenvalue weighted by Gasteiger charge is -2.62. The van der Waals surface area contributed by atoms with Gasteiger partial charge in [-0.05, 0) is 127 Å². The number of hydrogen-bond acceptors (Lipinski definition) is 11. The maximum Gasteiger partial charge on any atom is 0.414 e. The molecule has 0 spiro atoms. The molecule has 13 nitrogen and oxygen atoms in total. The van der Waals surface area contributed by atoms with Gasteiger partial charge < -0.3 is 30.2 Å². The molecule has 0 bridgehead atoms. The Morgan fingerprint density at radius 1 is 0.966 bits per heavy atom. The standard InChI is InChI=1S/C44H59N3O10S/c1-28(33-16-17-34-39-35(20-22-44(33,34)3)43(2)21-19-31(48)26-30(43)27-37(39)49)15-18-38(50)45-36(25-29-11-6-4-7-12-29)42(51)56-24-10-23-55-40-41(47(52)57-46-40)58(53,54)32-13-8-5-9-14-32/h4-9,11-14,28,30-31,33-37,39,48-49H,10,15-27H2,1-3H3,(H,45,50)/t28-,30+,31-,33-,34+,35+,36+,37+,39?,43+,44-/m1/s1. The van der Waals surface area contributed by atoms with Crippen LogP contribution >= 0.6 is 0 Å². The van der Waals surface area contributed by atoms with Gasteiger partial charge in [0.15, 0.2) is 0 Å². The average Bonchev–Trinajstić information content (AvgIpc) is 3.77. The average molecular weight is 822 g/mol. The Labute approximate surface area is 341 Å². The van der Waals surface area contributed by atoms with Gasteiger partial charge in [0.25, 0.3) is 9.84 Å². The van der Waals surface area contributed by atoms with Crippen molar-refractivity contribution < 1.29 is 47.2 Å². The van der Waals surface area contributed by atoms with Crippen molar-refractivity contribution >= 4 is 21.7 Å². The molecule has 4 fully saturated rings. The molecule has 11 atom stereocenters. The molecule has 1 amide bonds. The van der Waals surface area contributed by atoms with Gasteiger partial charge in [0.05, 0.1) is 35.5 Å². The fourth-order valence-corrected chi connectivity index (χ4v) is 13.1. The zero-order chi connectivity index (χ0) is 41.2. The summed E-state index contributed by atoms with van der Waals surface area (Å²) in [4.78, 5) is 26.6. The normalized spacial score (nSPS) is 31.6. The van der Waals surface area contributed by atoms with Gasteiger partial charge in [0, 0.05) is 19.3 Å². The number of aliphatic hydroxyl groups excluding tert-OH is 2. The molecule has 3 aromatic rings. The molecule has 1 heterocycles. The van der Waals surface area contributed by atoms with Crippen LogP contribution in [0.1, 0.15) is 97.0 Å². The van der Waals surface area contributed by atoms with Crippen LogP contribution in [0.2, 0.25) is 0 Å². The van der Waals surface area contributed by atoms with Crippen LogP contribution in [0.5, 0.6) is 5.88 Å². The van der Waals surface area contributed by atoms with E-state index in [0.717, 1.165) is 56.9 Å². The first-order chi connectivity index (χ1) is 27.7. The topological polar surface area (TPSA) is 192 Å². The Kier molecular flexibility index (Phi) is 12.6. The van der Waals surface area contributed by atoms with Crippen molar-refractivity contribution in [2.75, 3.05) is 13.2 Å². The molecule has 4 aliphatic carbocycles. The number of aromatic nitrogens is 2. The molecule has 1 aromatic heterocycles. The lowest BCUT2D eigenvalue weighted by atomic mass is 9.43. The fourth-order valence-electron chi connectivity index (χ4n) is 11.8. The number of carbonyl (C=O) groups excluding carboxylic acids is 2. The van der Waals surface area contributed by atoms with Gasteiger partial charge in [-0.1, -0.05) is 69.3 Å². The molecule has 316 valence electrons. The second-order valence-corrected chi connectivity index (χ2v) is 19.9. The summed E-state index contributed by atoms with van der Waals surface area (Å²) in [6.07, 6.45) is 8.67. The number of aliphatic hydroxyl groups is 2. The van der Waals surface area contributed by atoms with Crippen molar-refractivity contribution in [1.29, 1.82) is 0 Å². The second-order valence-electron chi connectivity index (χ2n) is 18.0. The van der Waals surface area contributed by atoms with Crippen molar-refractivity contribution in [3.63, 3.8) is 0 Å². The highest BCUT2D eigenvalue weighted by Gasteiger charge is 2.62. The molecule has 7 rings (SSSR count). The molecule has 0 aliphatic heterocycles. The molecule has 4 aliphatic rings.